The fourth-order valence-electron chi connectivity index (χ4n) is 2.44. The third-order valence-corrected chi connectivity index (χ3v) is 4.27. The van der Waals surface area contributed by atoms with Gasteiger partial charge in [0.1, 0.15) is 5.82 Å². The quantitative estimate of drug-likeness (QED) is 0.542. The van der Waals surface area contributed by atoms with E-state index in [4.69, 9.17) is 4.43 Å². The van der Waals surface area contributed by atoms with Crippen molar-refractivity contribution in [1.29, 1.82) is 0 Å². The van der Waals surface area contributed by atoms with Gasteiger partial charge in [0.15, 0.2) is 8.32 Å². The molecule has 1 unspecified atom stereocenters. The van der Waals surface area contributed by atoms with Gasteiger partial charge in [0.05, 0.1) is 6.10 Å². The van der Waals surface area contributed by atoms with E-state index in [-0.39, 0.29) is 11.9 Å². The first kappa shape index (κ1) is 14.5. The molecule has 1 aliphatic rings. The monoisotopic (exact) mass is 278 g/mol. The molecule has 0 heterocycles. The van der Waals surface area contributed by atoms with Crippen LogP contribution >= 0.6 is 0 Å². The van der Waals surface area contributed by atoms with Gasteiger partial charge in [0, 0.05) is 0 Å². The third kappa shape index (κ3) is 4.59. The summed E-state index contributed by atoms with van der Waals surface area (Å²) < 4.78 is 19.3. The van der Waals surface area contributed by atoms with Crippen LogP contribution in [0.4, 0.5) is 4.39 Å². The van der Waals surface area contributed by atoms with Crippen molar-refractivity contribution < 1.29 is 8.82 Å². The highest BCUT2D eigenvalue weighted by Gasteiger charge is 2.22. The summed E-state index contributed by atoms with van der Waals surface area (Å²) in [6.07, 6.45) is 7.20. The van der Waals surface area contributed by atoms with Gasteiger partial charge in [-0.25, -0.2) is 4.39 Å². The molecule has 0 radical (unpaired) electrons. The van der Waals surface area contributed by atoms with Crippen LogP contribution in [-0.4, -0.2) is 8.32 Å². The van der Waals surface area contributed by atoms with Gasteiger partial charge in [-0.2, -0.15) is 0 Å². The van der Waals surface area contributed by atoms with Crippen LogP contribution in [-0.2, 0) is 4.43 Å². The Morgan fingerprint density at radius 1 is 1.11 bits per heavy atom. The Labute approximate surface area is 116 Å². The van der Waals surface area contributed by atoms with E-state index in [2.05, 4.69) is 25.7 Å². The van der Waals surface area contributed by atoms with Gasteiger partial charge in [-0.05, 0) is 63.0 Å². The fourth-order valence-corrected chi connectivity index (χ4v) is 3.41. The van der Waals surface area contributed by atoms with E-state index >= 15 is 0 Å². The Kier molecular flexibility index (Phi) is 4.58. The molecule has 0 N–H and O–H groups in total. The summed E-state index contributed by atoms with van der Waals surface area (Å²) in [5.41, 5.74) is 2.55. The third-order valence-electron chi connectivity index (χ3n) is 3.31. The van der Waals surface area contributed by atoms with Crippen molar-refractivity contribution in [2.24, 2.45) is 0 Å². The summed E-state index contributed by atoms with van der Waals surface area (Å²) >= 11 is 0. The summed E-state index contributed by atoms with van der Waals surface area (Å²) in [7, 11) is -1.63. The summed E-state index contributed by atoms with van der Waals surface area (Å²) in [4.78, 5) is 0. The highest BCUT2D eigenvalue weighted by Crippen LogP contribution is 2.31. The van der Waals surface area contributed by atoms with Crippen LogP contribution in [0.15, 0.2) is 35.9 Å². The van der Waals surface area contributed by atoms with Crippen LogP contribution < -0.4 is 0 Å². The average Bonchev–Trinajstić information content (AvgIpc) is 2.80. The summed E-state index contributed by atoms with van der Waals surface area (Å²) in [6.45, 7) is 6.57. The number of allylic oxidation sites excluding steroid dienone is 1. The lowest BCUT2D eigenvalue weighted by molar-refractivity contribution is 0.246. The number of benzene rings is 1. The Balaban J connectivity index is 2.22. The molecule has 3 heteroatoms. The van der Waals surface area contributed by atoms with E-state index in [9.17, 15) is 4.39 Å². The number of hydrogen-bond acceptors (Lipinski definition) is 1. The topological polar surface area (TPSA) is 9.23 Å². The highest BCUT2D eigenvalue weighted by molar-refractivity contribution is 6.69. The molecule has 104 valence electrons. The predicted molar refractivity (Wildman–Crippen MR) is 80.1 cm³/mol. The summed E-state index contributed by atoms with van der Waals surface area (Å²) in [6, 6.07) is 6.71. The standard InChI is InChI=1S/C16H23FOSi/c1-19(2,3)18-16(12-13-6-4-5-7-13)14-8-10-15(17)11-9-14/h8-12,16H,4-7H2,1-3H3. The van der Waals surface area contributed by atoms with Crippen molar-refractivity contribution in [2.75, 3.05) is 0 Å². The molecule has 0 amide bonds. The molecule has 19 heavy (non-hydrogen) atoms. The largest absolute Gasteiger partial charge is 0.407 e. The van der Waals surface area contributed by atoms with Crippen LogP contribution in [0.25, 0.3) is 0 Å². The first-order valence-electron chi connectivity index (χ1n) is 7.07. The van der Waals surface area contributed by atoms with E-state index in [1.807, 2.05) is 12.1 Å². The molecule has 1 atom stereocenters. The Hall–Kier alpha value is -0.933. The molecule has 1 nitrogen and oxygen atoms in total. The molecule has 0 saturated heterocycles. The molecule has 2 rings (SSSR count). The minimum absolute atomic E-state index is 0.0135. The molecular formula is C16H23FOSi. The second-order valence-electron chi connectivity index (χ2n) is 6.23. The minimum atomic E-state index is -1.63. The Morgan fingerprint density at radius 3 is 2.21 bits per heavy atom. The van der Waals surface area contributed by atoms with Gasteiger partial charge in [-0.1, -0.05) is 23.8 Å². The van der Waals surface area contributed by atoms with E-state index in [1.54, 1.807) is 0 Å². The number of rotatable bonds is 4. The molecule has 1 saturated carbocycles. The predicted octanol–water partition coefficient (Wildman–Crippen LogP) is 5.22. The van der Waals surface area contributed by atoms with Crippen molar-refractivity contribution in [1.82, 2.24) is 0 Å². The molecule has 0 spiro atoms. The number of halogens is 1. The van der Waals surface area contributed by atoms with Crippen molar-refractivity contribution >= 4 is 8.32 Å². The van der Waals surface area contributed by atoms with E-state index in [0.29, 0.717) is 0 Å². The van der Waals surface area contributed by atoms with Crippen LogP contribution in [0.1, 0.15) is 37.4 Å². The van der Waals surface area contributed by atoms with Gasteiger partial charge in [-0.15, -0.1) is 0 Å². The van der Waals surface area contributed by atoms with Crippen LogP contribution in [0.3, 0.4) is 0 Å². The molecule has 1 fully saturated rings. The zero-order valence-electron chi connectivity index (χ0n) is 12.1. The van der Waals surface area contributed by atoms with Crippen LogP contribution in [0.5, 0.6) is 0 Å². The lowest BCUT2D eigenvalue weighted by Gasteiger charge is -2.25. The molecule has 0 aliphatic heterocycles. The maximum absolute atomic E-state index is 13.0. The SMILES string of the molecule is C[Si](C)(C)OC(C=C1CCCC1)c1ccc(F)cc1. The van der Waals surface area contributed by atoms with E-state index < -0.39 is 8.32 Å². The van der Waals surface area contributed by atoms with Gasteiger partial charge in [0.2, 0.25) is 0 Å². The zero-order valence-corrected chi connectivity index (χ0v) is 13.1. The van der Waals surface area contributed by atoms with Crippen LogP contribution in [0, 0.1) is 5.82 Å². The zero-order chi connectivity index (χ0) is 13.9. The first-order valence-corrected chi connectivity index (χ1v) is 10.5. The lowest BCUT2D eigenvalue weighted by atomic mass is 10.1. The Morgan fingerprint density at radius 2 is 1.68 bits per heavy atom. The molecule has 0 aromatic heterocycles. The minimum Gasteiger partial charge on any atom is -0.407 e. The molecule has 1 aromatic rings. The number of hydrogen-bond donors (Lipinski definition) is 0. The van der Waals surface area contributed by atoms with Crippen molar-refractivity contribution in [3.63, 3.8) is 0 Å². The van der Waals surface area contributed by atoms with Gasteiger partial charge in [-0.3, -0.25) is 0 Å². The fraction of sp³-hybridized carbons (Fsp3) is 0.500. The molecule has 0 bridgehead atoms. The molecular weight excluding hydrogens is 255 g/mol. The van der Waals surface area contributed by atoms with Gasteiger partial charge >= 0.3 is 0 Å². The Bertz CT molecular complexity index is 437. The smallest absolute Gasteiger partial charge is 0.185 e. The normalized spacial score (nSPS) is 17.6. The highest BCUT2D eigenvalue weighted by atomic mass is 28.4. The van der Waals surface area contributed by atoms with E-state index in [0.717, 1.165) is 5.56 Å². The van der Waals surface area contributed by atoms with Crippen molar-refractivity contribution in [3.05, 3.63) is 47.3 Å². The van der Waals surface area contributed by atoms with E-state index in [1.165, 1.54) is 43.4 Å². The second kappa shape index (κ2) is 6.01. The van der Waals surface area contributed by atoms with Gasteiger partial charge < -0.3 is 4.43 Å². The maximum Gasteiger partial charge on any atom is 0.185 e. The average molecular weight is 278 g/mol. The second-order valence-corrected chi connectivity index (χ2v) is 10.7. The summed E-state index contributed by atoms with van der Waals surface area (Å²) in [5.74, 6) is -0.191. The maximum atomic E-state index is 13.0. The summed E-state index contributed by atoms with van der Waals surface area (Å²) in [5, 5.41) is 0. The van der Waals surface area contributed by atoms with Crippen LogP contribution in [0.2, 0.25) is 19.6 Å². The van der Waals surface area contributed by atoms with Crippen molar-refractivity contribution in [3.8, 4) is 0 Å². The first-order chi connectivity index (χ1) is 8.94. The van der Waals surface area contributed by atoms with Crippen molar-refractivity contribution in [2.45, 2.75) is 51.4 Å². The van der Waals surface area contributed by atoms with Gasteiger partial charge in [0.25, 0.3) is 0 Å². The lowest BCUT2D eigenvalue weighted by Crippen LogP contribution is -2.27. The molecule has 1 aliphatic carbocycles. The molecule has 1 aromatic carbocycles.